The first kappa shape index (κ1) is 15.1. The van der Waals surface area contributed by atoms with Crippen molar-refractivity contribution in [3.05, 3.63) is 64.1 Å². The molecule has 0 heterocycles. The molecular formula is C16H14BrN3O. The first-order chi connectivity index (χ1) is 10.2. The second kappa shape index (κ2) is 7.46. The number of carbonyl (C=O) groups excluding carboxylic acids is 1. The number of carbonyl (C=O) groups is 1. The van der Waals surface area contributed by atoms with Crippen molar-refractivity contribution in [2.24, 2.45) is 0 Å². The van der Waals surface area contributed by atoms with Crippen molar-refractivity contribution in [2.45, 2.75) is 6.54 Å². The lowest BCUT2D eigenvalue weighted by atomic mass is 10.2. The first-order valence-corrected chi connectivity index (χ1v) is 7.22. The van der Waals surface area contributed by atoms with Gasteiger partial charge in [0.1, 0.15) is 6.07 Å². The number of nitrogens with zero attached hydrogens (tertiary/aromatic N) is 1. The Kier molecular flexibility index (Phi) is 5.35. The summed E-state index contributed by atoms with van der Waals surface area (Å²) in [6, 6.07) is 17.1. The largest absolute Gasteiger partial charge is 0.375 e. The Morgan fingerprint density at radius 3 is 2.67 bits per heavy atom. The van der Waals surface area contributed by atoms with Crippen LogP contribution in [0.4, 0.5) is 5.69 Å². The van der Waals surface area contributed by atoms with Crippen LogP contribution in [0, 0.1) is 11.3 Å². The zero-order valence-corrected chi connectivity index (χ0v) is 12.9. The van der Waals surface area contributed by atoms with Crippen LogP contribution in [0.15, 0.2) is 53.0 Å². The van der Waals surface area contributed by atoms with Crippen molar-refractivity contribution in [3.63, 3.8) is 0 Å². The van der Waals surface area contributed by atoms with E-state index in [2.05, 4.69) is 32.6 Å². The molecule has 1 amide bonds. The molecule has 0 saturated carbocycles. The van der Waals surface area contributed by atoms with Gasteiger partial charge in [-0.25, -0.2) is 0 Å². The summed E-state index contributed by atoms with van der Waals surface area (Å²) in [5.74, 6) is -0.122. The van der Waals surface area contributed by atoms with Gasteiger partial charge in [-0.15, -0.1) is 0 Å². The zero-order chi connectivity index (χ0) is 15.1. The van der Waals surface area contributed by atoms with Crippen LogP contribution >= 0.6 is 15.9 Å². The van der Waals surface area contributed by atoms with Crippen LogP contribution in [0.25, 0.3) is 0 Å². The van der Waals surface area contributed by atoms with Gasteiger partial charge in [0.25, 0.3) is 0 Å². The molecule has 2 aromatic carbocycles. The fourth-order valence-corrected chi connectivity index (χ4v) is 2.16. The van der Waals surface area contributed by atoms with Crippen molar-refractivity contribution in [2.75, 3.05) is 11.9 Å². The highest BCUT2D eigenvalue weighted by Crippen LogP contribution is 2.20. The molecule has 0 bridgehead atoms. The lowest BCUT2D eigenvalue weighted by Crippen LogP contribution is -2.29. The molecule has 0 aliphatic heterocycles. The average Bonchev–Trinajstić information content (AvgIpc) is 2.52. The molecule has 2 rings (SSSR count). The molecule has 0 spiro atoms. The van der Waals surface area contributed by atoms with Crippen LogP contribution in [0.3, 0.4) is 0 Å². The van der Waals surface area contributed by atoms with Crippen LogP contribution in [0.1, 0.15) is 11.1 Å². The Labute approximate surface area is 131 Å². The van der Waals surface area contributed by atoms with Crippen molar-refractivity contribution in [1.82, 2.24) is 5.32 Å². The smallest absolute Gasteiger partial charge is 0.239 e. The standard InChI is InChI=1S/C16H14BrN3O/c17-14-7-6-13(9-18)15(8-14)19-11-16(21)20-10-12-4-2-1-3-5-12/h1-8,19H,10-11H2,(H,20,21). The Balaban J connectivity index is 1.87. The number of rotatable bonds is 5. The Hall–Kier alpha value is -2.32. The topological polar surface area (TPSA) is 64.9 Å². The number of benzene rings is 2. The maximum absolute atomic E-state index is 11.8. The third kappa shape index (κ3) is 4.62. The van der Waals surface area contributed by atoms with E-state index in [9.17, 15) is 4.79 Å². The molecule has 0 aliphatic rings. The normalized spacial score (nSPS) is 9.71. The molecule has 0 saturated heterocycles. The molecule has 0 atom stereocenters. The Bertz CT molecular complexity index is 665. The maximum atomic E-state index is 11.8. The monoisotopic (exact) mass is 343 g/mol. The molecular weight excluding hydrogens is 330 g/mol. The second-order valence-corrected chi connectivity index (χ2v) is 5.33. The molecule has 0 radical (unpaired) electrons. The third-order valence-corrected chi connectivity index (χ3v) is 3.37. The van der Waals surface area contributed by atoms with Crippen molar-refractivity contribution >= 4 is 27.5 Å². The first-order valence-electron chi connectivity index (χ1n) is 6.43. The molecule has 0 unspecified atom stereocenters. The van der Waals surface area contributed by atoms with Gasteiger partial charge in [0.15, 0.2) is 0 Å². The van der Waals surface area contributed by atoms with Gasteiger partial charge in [-0.05, 0) is 23.8 Å². The van der Waals surface area contributed by atoms with Crippen molar-refractivity contribution in [3.8, 4) is 6.07 Å². The summed E-state index contributed by atoms with van der Waals surface area (Å²) in [6.45, 7) is 0.614. The highest BCUT2D eigenvalue weighted by Gasteiger charge is 2.05. The summed E-state index contributed by atoms with van der Waals surface area (Å²) in [4.78, 5) is 11.8. The van der Waals surface area contributed by atoms with Crippen LogP contribution < -0.4 is 10.6 Å². The van der Waals surface area contributed by atoms with Gasteiger partial charge in [-0.3, -0.25) is 4.79 Å². The predicted molar refractivity (Wildman–Crippen MR) is 85.6 cm³/mol. The quantitative estimate of drug-likeness (QED) is 0.876. The molecule has 2 N–H and O–H groups in total. The minimum Gasteiger partial charge on any atom is -0.375 e. The molecule has 5 heteroatoms. The number of hydrogen-bond acceptors (Lipinski definition) is 3. The van der Waals surface area contributed by atoms with E-state index < -0.39 is 0 Å². The molecule has 4 nitrogen and oxygen atoms in total. The summed E-state index contributed by atoms with van der Waals surface area (Å²) in [5.41, 5.74) is 2.20. The van der Waals surface area contributed by atoms with Crippen LogP contribution in [0.5, 0.6) is 0 Å². The van der Waals surface area contributed by atoms with Gasteiger partial charge >= 0.3 is 0 Å². The Morgan fingerprint density at radius 1 is 1.19 bits per heavy atom. The zero-order valence-electron chi connectivity index (χ0n) is 11.3. The lowest BCUT2D eigenvalue weighted by Gasteiger charge is -2.09. The number of anilines is 1. The van der Waals surface area contributed by atoms with E-state index >= 15 is 0 Å². The van der Waals surface area contributed by atoms with Gasteiger partial charge < -0.3 is 10.6 Å². The van der Waals surface area contributed by atoms with Gasteiger partial charge in [0, 0.05) is 11.0 Å². The molecule has 0 fully saturated rings. The van der Waals surface area contributed by atoms with E-state index in [0.717, 1.165) is 10.0 Å². The summed E-state index contributed by atoms with van der Waals surface area (Å²) < 4.78 is 0.855. The minimum absolute atomic E-state index is 0.122. The number of hydrogen-bond donors (Lipinski definition) is 2. The number of nitriles is 1. The number of halogens is 1. The van der Waals surface area contributed by atoms with Crippen LogP contribution in [0.2, 0.25) is 0 Å². The van der Waals surface area contributed by atoms with Gasteiger partial charge in [-0.2, -0.15) is 5.26 Å². The van der Waals surface area contributed by atoms with E-state index in [1.807, 2.05) is 30.3 Å². The molecule has 0 aromatic heterocycles. The number of amides is 1. The van der Waals surface area contributed by atoms with E-state index in [0.29, 0.717) is 17.8 Å². The summed E-state index contributed by atoms with van der Waals surface area (Å²) in [6.07, 6.45) is 0. The maximum Gasteiger partial charge on any atom is 0.239 e. The second-order valence-electron chi connectivity index (χ2n) is 4.42. The van der Waals surface area contributed by atoms with Crippen LogP contribution in [-0.2, 0) is 11.3 Å². The molecule has 0 aliphatic carbocycles. The van der Waals surface area contributed by atoms with E-state index in [4.69, 9.17) is 5.26 Å². The van der Waals surface area contributed by atoms with Crippen LogP contribution in [-0.4, -0.2) is 12.5 Å². The fourth-order valence-electron chi connectivity index (χ4n) is 1.79. The molecule has 106 valence electrons. The van der Waals surface area contributed by atoms with E-state index in [1.165, 1.54) is 0 Å². The highest BCUT2D eigenvalue weighted by atomic mass is 79.9. The van der Waals surface area contributed by atoms with Gasteiger partial charge in [0.2, 0.25) is 5.91 Å². The summed E-state index contributed by atoms with van der Waals surface area (Å²) >= 11 is 3.34. The van der Waals surface area contributed by atoms with E-state index in [-0.39, 0.29) is 12.5 Å². The summed E-state index contributed by atoms with van der Waals surface area (Å²) in [7, 11) is 0. The van der Waals surface area contributed by atoms with E-state index in [1.54, 1.807) is 18.2 Å². The van der Waals surface area contributed by atoms with Gasteiger partial charge in [0.05, 0.1) is 17.8 Å². The van der Waals surface area contributed by atoms with Gasteiger partial charge in [-0.1, -0.05) is 46.3 Å². The highest BCUT2D eigenvalue weighted by molar-refractivity contribution is 9.10. The molecule has 2 aromatic rings. The molecule has 21 heavy (non-hydrogen) atoms. The average molecular weight is 344 g/mol. The number of nitrogens with one attached hydrogen (secondary N) is 2. The minimum atomic E-state index is -0.122. The Morgan fingerprint density at radius 2 is 1.95 bits per heavy atom. The SMILES string of the molecule is N#Cc1ccc(Br)cc1NCC(=O)NCc1ccccc1. The van der Waals surface area contributed by atoms with Crippen molar-refractivity contribution < 1.29 is 4.79 Å². The lowest BCUT2D eigenvalue weighted by molar-refractivity contribution is -0.119. The summed E-state index contributed by atoms with van der Waals surface area (Å²) in [5, 5.41) is 14.8. The fraction of sp³-hybridized carbons (Fsp3) is 0.125. The predicted octanol–water partition coefficient (Wildman–Crippen LogP) is 3.05. The van der Waals surface area contributed by atoms with Crippen molar-refractivity contribution in [1.29, 1.82) is 5.26 Å². The third-order valence-electron chi connectivity index (χ3n) is 2.87.